The van der Waals surface area contributed by atoms with Gasteiger partial charge in [0.1, 0.15) is 13.2 Å². The summed E-state index contributed by atoms with van der Waals surface area (Å²) in [6.07, 6.45) is 3.18. The van der Waals surface area contributed by atoms with Crippen LogP contribution in [-0.2, 0) is 11.3 Å². The lowest BCUT2D eigenvalue weighted by Gasteiger charge is -2.19. The molecule has 132 valence electrons. The smallest absolute Gasteiger partial charge is 0.244 e. The van der Waals surface area contributed by atoms with Crippen LogP contribution in [0.5, 0.6) is 11.5 Å². The molecule has 0 aliphatic carbocycles. The lowest BCUT2D eigenvalue weighted by molar-refractivity contribution is -0.116. The number of aromatic nitrogens is 1. The maximum absolute atomic E-state index is 12.1. The van der Waals surface area contributed by atoms with Crippen molar-refractivity contribution < 1.29 is 14.3 Å². The van der Waals surface area contributed by atoms with Crippen molar-refractivity contribution in [3.8, 4) is 11.5 Å². The Bertz CT molecular complexity index is 961. The largest absolute Gasteiger partial charge is 0.486 e. The van der Waals surface area contributed by atoms with Crippen molar-refractivity contribution in [1.29, 1.82) is 0 Å². The zero-order valence-electron chi connectivity index (χ0n) is 13.9. The van der Waals surface area contributed by atoms with Gasteiger partial charge in [0.15, 0.2) is 11.5 Å². The van der Waals surface area contributed by atoms with E-state index in [4.69, 9.17) is 21.1 Å². The SMILES string of the molecule is O=C(C=Cc1cc(Cl)c2c(c1)OCCO2)NCc1cc2ccccc2[nH]1. The molecule has 4 rings (SSSR count). The van der Waals surface area contributed by atoms with Gasteiger partial charge in [0, 0.05) is 17.3 Å². The van der Waals surface area contributed by atoms with E-state index in [0.717, 1.165) is 22.2 Å². The van der Waals surface area contributed by atoms with Crippen molar-refractivity contribution in [3.63, 3.8) is 0 Å². The van der Waals surface area contributed by atoms with E-state index in [-0.39, 0.29) is 5.91 Å². The summed E-state index contributed by atoms with van der Waals surface area (Å²) in [4.78, 5) is 15.4. The zero-order chi connectivity index (χ0) is 17.9. The van der Waals surface area contributed by atoms with Gasteiger partial charge in [0.25, 0.3) is 0 Å². The molecule has 0 bridgehead atoms. The van der Waals surface area contributed by atoms with Gasteiger partial charge in [-0.1, -0.05) is 29.8 Å². The number of amides is 1. The topological polar surface area (TPSA) is 63.4 Å². The highest BCUT2D eigenvalue weighted by molar-refractivity contribution is 6.32. The third-order valence-electron chi connectivity index (χ3n) is 4.09. The maximum atomic E-state index is 12.1. The van der Waals surface area contributed by atoms with Crippen LogP contribution in [-0.4, -0.2) is 24.1 Å². The Kier molecular flexibility index (Phi) is 4.54. The fourth-order valence-electron chi connectivity index (χ4n) is 2.87. The summed E-state index contributed by atoms with van der Waals surface area (Å²) in [5.41, 5.74) is 2.79. The van der Waals surface area contributed by atoms with Gasteiger partial charge in [-0.05, 0) is 41.3 Å². The maximum Gasteiger partial charge on any atom is 0.244 e. The molecule has 6 heteroatoms. The van der Waals surface area contributed by atoms with Gasteiger partial charge in [0.2, 0.25) is 5.91 Å². The third-order valence-corrected chi connectivity index (χ3v) is 4.37. The average Bonchev–Trinajstić information content (AvgIpc) is 3.08. The van der Waals surface area contributed by atoms with Crippen molar-refractivity contribution in [3.05, 3.63) is 64.8 Å². The van der Waals surface area contributed by atoms with E-state index in [2.05, 4.69) is 10.3 Å². The summed E-state index contributed by atoms with van der Waals surface area (Å²) in [5, 5.41) is 4.46. The van der Waals surface area contributed by atoms with E-state index in [1.165, 1.54) is 6.08 Å². The summed E-state index contributed by atoms with van der Waals surface area (Å²) >= 11 is 6.20. The Morgan fingerprint density at radius 2 is 2.04 bits per heavy atom. The highest BCUT2D eigenvalue weighted by Gasteiger charge is 2.15. The second kappa shape index (κ2) is 7.14. The monoisotopic (exact) mass is 368 g/mol. The molecule has 0 saturated carbocycles. The lowest BCUT2D eigenvalue weighted by atomic mass is 10.1. The van der Waals surface area contributed by atoms with Crippen molar-refractivity contribution in [2.45, 2.75) is 6.54 Å². The van der Waals surface area contributed by atoms with E-state index < -0.39 is 0 Å². The summed E-state index contributed by atoms with van der Waals surface area (Å²) in [7, 11) is 0. The number of hydrogen-bond acceptors (Lipinski definition) is 3. The summed E-state index contributed by atoms with van der Waals surface area (Å²) in [6.45, 7) is 1.40. The Labute approximate surface area is 155 Å². The molecule has 5 nitrogen and oxygen atoms in total. The number of aromatic amines is 1. The summed E-state index contributed by atoms with van der Waals surface area (Å²) in [5.74, 6) is 0.967. The van der Waals surface area contributed by atoms with Crippen molar-refractivity contribution in [2.24, 2.45) is 0 Å². The van der Waals surface area contributed by atoms with Crippen LogP contribution in [0.25, 0.3) is 17.0 Å². The van der Waals surface area contributed by atoms with Crippen LogP contribution >= 0.6 is 11.6 Å². The molecule has 1 amide bonds. The molecular formula is C20H17ClN2O3. The van der Waals surface area contributed by atoms with Crippen LogP contribution in [0.3, 0.4) is 0 Å². The Morgan fingerprint density at radius 3 is 2.92 bits per heavy atom. The van der Waals surface area contributed by atoms with E-state index in [1.807, 2.05) is 36.4 Å². The fourth-order valence-corrected chi connectivity index (χ4v) is 3.14. The second-order valence-corrected chi connectivity index (χ2v) is 6.37. The lowest BCUT2D eigenvalue weighted by Crippen LogP contribution is -2.20. The highest BCUT2D eigenvalue weighted by atomic mass is 35.5. The number of ether oxygens (including phenoxy) is 2. The van der Waals surface area contributed by atoms with Gasteiger partial charge < -0.3 is 19.8 Å². The second-order valence-electron chi connectivity index (χ2n) is 5.96. The number of carbonyl (C=O) groups is 1. The quantitative estimate of drug-likeness (QED) is 0.686. The number of para-hydroxylation sites is 1. The van der Waals surface area contributed by atoms with Crippen molar-refractivity contribution in [1.82, 2.24) is 10.3 Å². The van der Waals surface area contributed by atoms with Crippen LogP contribution in [0.15, 0.2) is 48.5 Å². The molecule has 1 aromatic heterocycles. The number of halogens is 1. The van der Waals surface area contributed by atoms with Gasteiger partial charge in [-0.3, -0.25) is 4.79 Å². The van der Waals surface area contributed by atoms with Gasteiger partial charge in [-0.2, -0.15) is 0 Å². The van der Waals surface area contributed by atoms with Gasteiger partial charge in [-0.15, -0.1) is 0 Å². The van der Waals surface area contributed by atoms with Crippen LogP contribution in [0.1, 0.15) is 11.3 Å². The first-order chi connectivity index (χ1) is 12.7. The van der Waals surface area contributed by atoms with E-state index in [9.17, 15) is 4.79 Å². The number of benzene rings is 2. The molecule has 0 atom stereocenters. The standard InChI is InChI=1S/C20H17ClN2O3/c21-16-9-13(10-18-20(16)26-8-7-25-18)5-6-19(24)22-12-15-11-14-3-1-2-4-17(14)23-15/h1-6,9-11,23H,7-8,12H2,(H,22,24). The zero-order valence-corrected chi connectivity index (χ0v) is 14.7. The molecule has 0 fully saturated rings. The first-order valence-electron chi connectivity index (χ1n) is 8.31. The minimum Gasteiger partial charge on any atom is -0.486 e. The molecule has 1 aliphatic rings. The molecule has 2 heterocycles. The number of rotatable bonds is 4. The van der Waals surface area contributed by atoms with Crippen LogP contribution < -0.4 is 14.8 Å². The van der Waals surface area contributed by atoms with Crippen LogP contribution in [0, 0.1) is 0 Å². The third kappa shape index (κ3) is 3.53. The highest BCUT2D eigenvalue weighted by Crippen LogP contribution is 2.38. The van der Waals surface area contributed by atoms with Crippen LogP contribution in [0.4, 0.5) is 0 Å². The Balaban J connectivity index is 1.40. The van der Waals surface area contributed by atoms with Crippen molar-refractivity contribution >= 4 is 34.5 Å². The summed E-state index contributed by atoms with van der Waals surface area (Å²) in [6, 6.07) is 13.6. The number of hydrogen-bond donors (Lipinski definition) is 2. The van der Waals surface area contributed by atoms with Gasteiger partial charge in [0.05, 0.1) is 11.6 Å². The normalized spacial score (nSPS) is 13.3. The average molecular weight is 369 g/mol. The first kappa shape index (κ1) is 16.5. The number of carbonyl (C=O) groups excluding carboxylic acids is 1. The minimum atomic E-state index is -0.185. The van der Waals surface area contributed by atoms with Crippen LogP contribution in [0.2, 0.25) is 5.02 Å². The molecule has 3 aromatic rings. The van der Waals surface area contributed by atoms with E-state index in [0.29, 0.717) is 36.3 Å². The predicted molar refractivity (Wildman–Crippen MR) is 102 cm³/mol. The first-order valence-corrected chi connectivity index (χ1v) is 8.68. The molecule has 26 heavy (non-hydrogen) atoms. The predicted octanol–water partition coefficient (Wildman–Crippen LogP) is 3.92. The van der Waals surface area contributed by atoms with Gasteiger partial charge in [-0.25, -0.2) is 0 Å². The molecule has 1 aliphatic heterocycles. The molecule has 2 aromatic carbocycles. The molecule has 0 radical (unpaired) electrons. The Hall–Kier alpha value is -2.92. The number of fused-ring (bicyclic) bond motifs is 2. The van der Waals surface area contributed by atoms with E-state index in [1.54, 1.807) is 12.1 Å². The summed E-state index contributed by atoms with van der Waals surface area (Å²) < 4.78 is 11.0. The molecule has 0 saturated heterocycles. The van der Waals surface area contributed by atoms with Gasteiger partial charge >= 0.3 is 0 Å². The van der Waals surface area contributed by atoms with Crippen molar-refractivity contribution in [2.75, 3.05) is 13.2 Å². The minimum absolute atomic E-state index is 0.185. The number of H-pyrrole nitrogens is 1. The number of nitrogens with one attached hydrogen (secondary N) is 2. The molecule has 0 spiro atoms. The molecule has 0 unspecified atom stereocenters. The molecular weight excluding hydrogens is 352 g/mol. The molecule has 2 N–H and O–H groups in total. The Morgan fingerprint density at radius 1 is 1.19 bits per heavy atom. The van der Waals surface area contributed by atoms with E-state index >= 15 is 0 Å². The fraction of sp³-hybridized carbons (Fsp3) is 0.150.